The summed E-state index contributed by atoms with van der Waals surface area (Å²) < 4.78 is 19.0. The highest BCUT2D eigenvalue weighted by Gasteiger charge is 2.32. The molecule has 0 unspecified atom stereocenters. The van der Waals surface area contributed by atoms with Crippen molar-refractivity contribution in [1.29, 1.82) is 0 Å². The molecule has 3 atom stereocenters. The molecule has 4 N–H and O–H groups in total. The van der Waals surface area contributed by atoms with Gasteiger partial charge in [-0.1, -0.05) is 30.3 Å². The van der Waals surface area contributed by atoms with Crippen LogP contribution in [0.2, 0.25) is 0 Å². The second-order valence-electron chi connectivity index (χ2n) is 7.24. The van der Waals surface area contributed by atoms with Gasteiger partial charge < -0.3 is 25.8 Å². The number of benzene rings is 2. The van der Waals surface area contributed by atoms with E-state index in [0.29, 0.717) is 24.1 Å². The smallest absolute Gasteiger partial charge is 0.319 e. The molecule has 2 aromatic rings. The van der Waals surface area contributed by atoms with Gasteiger partial charge >= 0.3 is 6.03 Å². The Morgan fingerprint density at radius 2 is 1.90 bits per heavy atom. The predicted molar refractivity (Wildman–Crippen MR) is 110 cm³/mol. The molecule has 8 heteroatoms. The fourth-order valence-electron chi connectivity index (χ4n) is 3.43. The Hall–Kier alpha value is -2.97. The highest BCUT2D eigenvalue weighted by atomic mass is 19.1. The van der Waals surface area contributed by atoms with E-state index in [-0.39, 0.29) is 49.5 Å². The van der Waals surface area contributed by atoms with Gasteiger partial charge in [0.1, 0.15) is 11.9 Å². The Bertz CT molecular complexity index is 849. The van der Waals surface area contributed by atoms with E-state index in [2.05, 4.69) is 16.0 Å². The van der Waals surface area contributed by atoms with Crippen LogP contribution in [0.15, 0.2) is 54.6 Å². The number of amides is 3. The van der Waals surface area contributed by atoms with Gasteiger partial charge in [0.05, 0.1) is 25.2 Å². The molecule has 1 heterocycles. The zero-order valence-electron chi connectivity index (χ0n) is 16.5. The SMILES string of the molecule is O=C(C[C@H]1CC[C@@H](NC(=O)Nc2ccccc2)[C@H](CO)O1)NCc1cccc(F)c1. The van der Waals surface area contributed by atoms with Crippen LogP contribution < -0.4 is 16.0 Å². The van der Waals surface area contributed by atoms with Crippen molar-refractivity contribution in [2.45, 2.75) is 44.1 Å². The van der Waals surface area contributed by atoms with Crippen molar-refractivity contribution in [2.24, 2.45) is 0 Å². The van der Waals surface area contributed by atoms with Crippen LogP contribution in [0.5, 0.6) is 0 Å². The normalized spacial score (nSPS) is 20.9. The first kappa shape index (κ1) is 21.7. The van der Waals surface area contributed by atoms with Crippen molar-refractivity contribution in [2.75, 3.05) is 11.9 Å². The summed E-state index contributed by atoms with van der Waals surface area (Å²) in [5.41, 5.74) is 1.34. The molecule has 1 aliphatic heterocycles. The maximum absolute atomic E-state index is 13.2. The average Bonchev–Trinajstić information content (AvgIpc) is 2.74. The monoisotopic (exact) mass is 415 g/mol. The summed E-state index contributed by atoms with van der Waals surface area (Å²) in [5, 5.41) is 18.0. The lowest BCUT2D eigenvalue weighted by Gasteiger charge is -2.35. The highest BCUT2D eigenvalue weighted by molar-refractivity contribution is 5.89. The number of carbonyl (C=O) groups is 2. The molecule has 7 nitrogen and oxygen atoms in total. The van der Waals surface area contributed by atoms with Crippen LogP contribution in [-0.2, 0) is 16.1 Å². The zero-order chi connectivity index (χ0) is 21.3. The topological polar surface area (TPSA) is 99.7 Å². The minimum atomic E-state index is -0.596. The first-order valence-corrected chi connectivity index (χ1v) is 9.93. The molecule has 0 spiro atoms. The lowest BCUT2D eigenvalue weighted by molar-refractivity contribution is -0.130. The third kappa shape index (κ3) is 6.53. The largest absolute Gasteiger partial charge is 0.394 e. The molecule has 1 fully saturated rings. The Morgan fingerprint density at radius 1 is 1.10 bits per heavy atom. The van der Waals surface area contributed by atoms with E-state index in [1.165, 1.54) is 12.1 Å². The van der Waals surface area contributed by atoms with E-state index in [4.69, 9.17) is 4.74 Å². The number of urea groups is 1. The second kappa shape index (κ2) is 10.7. The highest BCUT2D eigenvalue weighted by Crippen LogP contribution is 2.22. The number of nitrogens with one attached hydrogen (secondary N) is 3. The molecule has 1 saturated heterocycles. The first-order chi connectivity index (χ1) is 14.5. The number of carbonyl (C=O) groups excluding carboxylic acids is 2. The van der Waals surface area contributed by atoms with Gasteiger partial charge in [0.25, 0.3) is 0 Å². The minimum Gasteiger partial charge on any atom is -0.394 e. The predicted octanol–water partition coefficient (Wildman–Crippen LogP) is 2.56. The molecule has 0 saturated carbocycles. The number of hydrogen-bond acceptors (Lipinski definition) is 4. The Kier molecular flexibility index (Phi) is 7.75. The van der Waals surface area contributed by atoms with E-state index in [0.717, 1.165) is 0 Å². The lowest BCUT2D eigenvalue weighted by Crippen LogP contribution is -2.52. The number of aliphatic hydroxyl groups excluding tert-OH is 1. The van der Waals surface area contributed by atoms with Crippen LogP contribution in [0, 0.1) is 5.82 Å². The van der Waals surface area contributed by atoms with E-state index >= 15 is 0 Å². The van der Waals surface area contributed by atoms with Crippen LogP contribution in [-0.4, -0.2) is 41.9 Å². The standard InChI is InChI=1S/C22H26FN3O4/c23-16-6-4-5-15(11-16)13-24-21(28)12-18-9-10-19(20(14-27)30-18)26-22(29)25-17-7-2-1-3-8-17/h1-8,11,18-20,27H,9-10,12-14H2,(H,24,28)(H2,25,26,29)/t18-,19-,20+/m1/s1. The third-order valence-electron chi connectivity index (χ3n) is 4.94. The summed E-state index contributed by atoms with van der Waals surface area (Å²) in [5.74, 6) is -0.563. The van der Waals surface area contributed by atoms with E-state index in [1.807, 2.05) is 18.2 Å². The van der Waals surface area contributed by atoms with E-state index in [1.54, 1.807) is 24.3 Å². The number of anilines is 1. The molecular formula is C22H26FN3O4. The molecule has 0 radical (unpaired) electrons. The molecular weight excluding hydrogens is 389 g/mol. The summed E-state index contributed by atoms with van der Waals surface area (Å²) in [6.07, 6.45) is 0.329. The van der Waals surface area contributed by atoms with E-state index in [9.17, 15) is 19.1 Å². The fourth-order valence-corrected chi connectivity index (χ4v) is 3.43. The minimum absolute atomic E-state index is 0.134. The molecule has 160 valence electrons. The van der Waals surface area contributed by atoms with Crippen molar-refractivity contribution in [1.82, 2.24) is 10.6 Å². The number of halogens is 1. The summed E-state index contributed by atoms with van der Waals surface area (Å²) >= 11 is 0. The quantitative estimate of drug-likeness (QED) is 0.558. The second-order valence-corrected chi connectivity index (χ2v) is 7.24. The van der Waals surface area contributed by atoms with Crippen molar-refractivity contribution in [3.05, 3.63) is 66.0 Å². The molecule has 3 rings (SSSR count). The Labute approximate surface area is 174 Å². The molecule has 0 aliphatic carbocycles. The maximum atomic E-state index is 13.2. The van der Waals surface area contributed by atoms with Crippen LogP contribution >= 0.6 is 0 Å². The Balaban J connectivity index is 1.44. The van der Waals surface area contributed by atoms with Crippen LogP contribution in [0.4, 0.5) is 14.9 Å². The molecule has 0 aromatic heterocycles. The number of ether oxygens (including phenoxy) is 1. The lowest BCUT2D eigenvalue weighted by atomic mass is 9.97. The van der Waals surface area contributed by atoms with Crippen molar-refractivity contribution in [3.63, 3.8) is 0 Å². The number of para-hydroxylation sites is 1. The van der Waals surface area contributed by atoms with Gasteiger partial charge in [-0.2, -0.15) is 0 Å². The maximum Gasteiger partial charge on any atom is 0.319 e. The molecule has 3 amide bonds. The molecule has 30 heavy (non-hydrogen) atoms. The van der Waals surface area contributed by atoms with Crippen molar-refractivity contribution in [3.8, 4) is 0 Å². The number of rotatable bonds is 7. The summed E-state index contributed by atoms with van der Waals surface area (Å²) in [6.45, 7) is -0.0335. The van der Waals surface area contributed by atoms with Gasteiger partial charge in [0.15, 0.2) is 0 Å². The summed E-state index contributed by atoms with van der Waals surface area (Å²) in [4.78, 5) is 24.4. The van der Waals surface area contributed by atoms with Crippen molar-refractivity contribution >= 4 is 17.6 Å². The molecule has 0 bridgehead atoms. The van der Waals surface area contributed by atoms with Crippen molar-refractivity contribution < 1.29 is 23.8 Å². The van der Waals surface area contributed by atoms with Crippen LogP contribution in [0.25, 0.3) is 0 Å². The number of aliphatic hydroxyl groups is 1. The van der Waals surface area contributed by atoms with Gasteiger partial charge in [-0.05, 0) is 42.7 Å². The fraction of sp³-hybridized carbons (Fsp3) is 0.364. The zero-order valence-corrected chi connectivity index (χ0v) is 16.5. The summed E-state index contributed by atoms with van der Waals surface area (Å²) in [7, 11) is 0. The molecule has 1 aliphatic rings. The van der Waals surface area contributed by atoms with Gasteiger partial charge in [0, 0.05) is 12.2 Å². The number of hydrogen-bond donors (Lipinski definition) is 4. The van der Waals surface area contributed by atoms with Gasteiger partial charge in [0.2, 0.25) is 5.91 Å². The third-order valence-corrected chi connectivity index (χ3v) is 4.94. The van der Waals surface area contributed by atoms with Gasteiger partial charge in [-0.15, -0.1) is 0 Å². The first-order valence-electron chi connectivity index (χ1n) is 9.93. The van der Waals surface area contributed by atoms with Gasteiger partial charge in [-0.3, -0.25) is 4.79 Å². The molecule has 2 aromatic carbocycles. The van der Waals surface area contributed by atoms with Crippen LogP contribution in [0.3, 0.4) is 0 Å². The Morgan fingerprint density at radius 3 is 2.63 bits per heavy atom. The van der Waals surface area contributed by atoms with E-state index < -0.39 is 6.10 Å². The van der Waals surface area contributed by atoms with Gasteiger partial charge in [-0.25, -0.2) is 9.18 Å². The average molecular weight is 415 g/mol. The van der Waals surface area contributed by atoms with Crippen LogP contribution in [0.1, 0.15) is 24.8 Å². The summed E-state index contributed by atoms with van der Waals surface area (Å²) in [6, 6.07) is 14.4.